The number of halogens is 1. The van der Waals surface area contributed by atoms with Gasteiger partial charge >= 0.3 is 0 Å². The van der Waals surface area contributed by atoms with Crippen molar-refractivity contribution in [2.45, 2.75) is 62.7 Å². The molecular weight excluding hydrogens is 346 g/mol. The first-order valence-electron chi connectivity index (χ1n) is 9.06. The number of carbonyl (C=O) groups excluding carboxylic acids is 3. The van der Waals surface area contributed by atoms with E-state index in [4.69, 9.17) is 10.5 Å². The van der Waals surface area contributed by atoms with Gasteiger partial charge in [-0.3, -0.25) is 19.3 Å². The summed E-state index contributed by atoms with van der Waals surface area (Å²) in [7, 11) is 0. The Bertz CT molecular complexity index is 550. The number of carbonyl (C=O) groups is 3. The summed E-state index contributed by atoms with van der Waals surface area (Å²) >= 11 is 0. The molecule has 4 fully saturated rings. The lowest BCUT2D eigenvalue weighted by Gasteiger charge is -2.29. The Balaban J connectivity index is 0.00000182. The largest absolute Gasteiger partial charge is 0.373 e. The number of nitrogens with one attached hydrogen (secondary N) is 1. The molecule has 3 amide bonds. The van der Waals surface area contributed by atoms with Crippen LogP contribution in [0.2, 0.25) is 0 Å². The third-order valence-corrected chi connectivity index (χ3v) is 6.29. The molecule has 2 bridgehead atoms. The van der Waals surface area contributed by atoms with Gasteiger partial charge < -0.3 is 15.8 Å². The molecule has 0 radical (unpaired) electrons. The molecule has 4 atom stereocenters. The number of hydrogen-bond donors (Lipinski definition) is 2. The van der Waals surface area contributed by atoms with Crippen molar-refractivity contribution in [3.8, 4) is 0 Å². The Morgan fingerprint density at radius 2 is 1.72 bits per heavy atom. The first-order valence-corrected chi connectivity index (χ1v) is 9.06. The Morgan fingerprint density at radius 1 is 1.16 bits per heavy atom. The Hall–Kier alpha value is -1.18. The second-order valence-electron chi connectivity index (χ2n) is 7.66. The zero-order chi connectivity index (χ0) is 16.9. The zero-order valence-electron chi connectivity index (χ0n) is 14.2. The number of likely N-dealkylation sites (tertiary alicyclic amines) is 1. The van der Waals surface area contributed by atoms with Crippen molar-refractivity contribution >= 4 is 30.1 Å². The lowest BCUT2D eigenvalue weighted by atomic mass is 9.81. The predicted octanol–water partition coefficient (Wildman–Crippen LogP) is 0.348. The number of nitrogens with two attached hydrogens (primary N) is 1. The van der Waals surface area contributed by atoms with Crippen molar-refractivity contribution in [3.63, 3.8) is 0 Å². The van der Waals surface area contributed by atoms with E-state index in [1.807, 2.05) is 0 Å². The van der Waals surface area contributed by atoms with Crippen LogP contribution >= 0.6 is 12.4 Å². The summed E-state index contributed by atoms with van der Waals surface area (Å²) in [4.78, 5) is 38.6. The highest BCUT2D eigenvalue weighted by atomic mass is 35.5. The van der Waals surface area contributed by atoms with Gasteiger partial charge in [0.25, 0.3) is 0 Å². The molecule has 8 heteroatoms. The van der Waals surface area contributed by atoms with Gasteiger partial charge in [-0.2, -0.15) is 0 Å². The summed E-state index contributed by atoms with van der Waals surface area (Å²) in [5.74, 6) is -1.06. The maximum absolute atomic E-state index is 12.5. The molecule has 25 heavy (non-hydrogen) atoms. The van der Waals surface area contributed by atoms with Gasteiger partial charge in [0.15, 0.2) is 0 Å². The topological polar surface area (TPSA) is 102 Å². The zero-order valence-corrected chi connectivity index (χ0v) is 15.1. The van der Waals surface area contributed by atoms with Crippen LogP contribution in [0, 0.1) is 11.8 Å². The number of ether oxygens (including phenoxy) is 1. The van der Waals surface area contributed by atoms with E-state index in [9.17, 15) is 14.4 Å². The van der Waals surface area contributed by atoms with Crippen molar-refractivity contribution in [2.75, 3.05) is 13.1 Å². The molecule has 3 N–H and O–H groups in total. The average Bonchev–Trinajstić information content (AvgIpc) is 3.32. The van der Waals surface area contributed by atoms with Crippen LogP contribution in [0.25, 0.3) is 0 Å². The van der Waals surface area contributed by atoms with Crippen molar-refractivity contribution in [1.82, 2.24) is 10.2 Å². The van der Waals surface area contributed by atoms with Crippen LogP contribution in [-0.4, -0.2) is 53.5 Å². The van der Waals surface area contributed by atoms with Gasteiger partial charge in [-0.15, -0.1) is 12.4 Å². The molecule has 0 aromatic carbocycles. The summed E-state index contributed by atoms with van der Waals surface area (Å²) in [5.41, 5.74) is 5.54. The molecule has 3 heterocycles. The van der Waals surface area contributed by atoms with E-state index in [1.165, 1.54) is 4.90 Å². The Morgan fingerprint density at radius 3 is 2.24 bits per heavy atom. The predicted molar refractivity (Wildman–Crippen MR) is 91.9 cm³/mol. The van der Waals surface area contributed by atoms with Gasteiger partial charge in [-0.05, 0) is 25.7 Å². The molecule has 1 aliphatic carbocycles. The molecule has 4 aliphatic rings. The fraction of sp³-hybridized carbons (Fsp3) is 0.824. The molecule has 140 valence electrons. The van der Waals surface area contributed by atoms with E-state index in [0.717, 1.165) is 38.5 Å². The van der Waals surface area contributed by atoms with Crippen LogP contribution in [0.5, 0.6) is 0 Å². The SMILES string of the molecule is Cl.NCC1(NC(=O)CCN2C(=O)C3C4CCC(O4)C3C2=O)CCCC1. The van der Waals surface area contributed by atoms with Crippen LogP contribution in [0.4, 0.5) is 0 Å². The van der Waals surface area contributed by atoms with Gasteiger partial charge in [-0.1, -0.05) is 12.8 Å². The highest BCUT2D eigenvalue weighted by Gasteiger charge is 2.62. The molecule has 7 nitrogen and oxygen atoms in total. The van der Waals surface area contributed by atoms with Crippen LogP contribution in [-0.2, 0) is 19.1 Å². The first-order chi connectivity index (χ1) is 11.5. The first kappa shape index (κ1) is 18.6. The monoisotopic (exact) mass is 371 g/mol. The minimum Gasteiger partial charge on any atom is -0.373 e. The third kappa shape index (κ3) is 2.96. The van der Waals surface area contributed by atoms with Gasteiger partial charge in [0.05, 0.1) is 29.6 Å². The van der Waals surface area contributed by atoms with E-state index in [0.29, 0.717) is 6.54 Å². The smallest absolute Gasteiger partial charge is 0.235 e. The second kappa shape index (κ2) is 6.85. The number of nitrogens with zero attached hydrogens (tertiary/aromatic N) is 1. The fourth-order valence-electron chi connectivity index (χ4n) is 5.00. The van der Waals surface area contributed by atoms with E-state index < -0.39 is 0 Å². The second-order valence-corrected chi connectivity index (χ2v) is 7.66. The summed E-state index contributed by atoms with van der Waals surface area (Å²) in [6.45, 7) is 0.599. The van der Waals surface area contributed by atoms with E-state index in [2.05, 4.69) is 5.32 Å². The van der Waals surface area contributed by atoms with Gasteiger partial charge in [0.2, 0.25) is 17.7 Å². The number of imide groups is 1. The van der Waals surface area contributed by atoms with Crippen molar-refractivity contribution in [1.29, 1.82) is 0 Å². The highest BCUT2D eigenvalue weighted by molar-refractivity contribution is 6.06. The van der Waals surface area contributed by atoms with Gasteiger partial charge in [-0.25, -0.2) is 0 Å². The number of fused-ring (bicyclic) bond motifs is 5. The molecule has 0 spiro atoms. The molecule has 1 saturated carbocycles. The lowest BCUT2D eigenvalue weighted by molar-refractivity contribution is -0.142. The summed E-state index contributed by atoms with van der Waals surface area (Å²) in [6, 6.07) is 0. The average molecular weight is 372 g/mol. The van der Waals surface area contributed by atoms with Gasteiger partial charge in [0.1, 0.15) is 0 Å². The molecule has 4 unspecified atom stereocenters. The maximum atomic E-state index is 12.5. The number of amides is 3. The van der Waals surface area contributed by atoms with Crippen LogP contribution < -0.4 is 11.1 Å². The van der Waals surface area contributed by atoms with Crippen LogP contribution in [0.15, 0.2) is 0 Å². The maximum Gasteiger partial charge on any atom is 0.235 e. The standard InChI is InChI=1S/C17H25N3O4.ClH/c18-9-17(6-1-2-7-17)19-12(21)5-8-20-15(22)13-10-3-4-11(24-10)14(13)16(20)23;/h10-11,13-14H,1-9,18H2,(H,19,21);1H. The Labute approximate surface area is 153 Å². The molecule has 3 saturated heterocycles. The van der Waals surface area contributed by atoms with Crippen molar-refractivity contribution in [3.05, 3.63) is 0 Å². The minimum absolute atomic E-state index is 0. The van der Waals surface area contributed by atoms with Crippen LogP contribution in [0.1, 0.15) is 44.9 Å². The molecule has 0 aromatic rings. The van der Waals surface area contributed by atoms with Crippen molar-refractivity contribution < 1.29 is 19.1 Å². The van der Waals surface area contributed by atoms with Crippen LogP contribution in [0.3, 0.4) is 0 Å². The van der Waals surface area contributed by atoms with Gasteiger partial charge in [0, 0.05) is 19.5 Å². The highest BCUT2D eigenvalue weighted by Crippen LogP contribution is 2.48. The van der Waals surface area contributed by atoms with E-state index in [1.54, 1.807) is 0 Å². The summed E-state index contributed by atoms with van der Waals surface area (Å²) in [5, 5.41) is 3.04. The normalized spacial score (nSPS) is 35.0. The molecule has 0 aromatic heterocycles. The van der Waals surface area contributed by atoms with E-state index in [-0.39, 0.29) is 72.7 Å². The third-order valence-electron chi connectivity index (χ3n) is 6.29. The number of rotatable bonds is 5. The minimum atomic E-state index is -0.315. The summed E-state index contributed by atoms with van der Waals surface area (Å²) in [6.07, 6.45) is 5.62. The Kier molecular flexibility index (Phi) is 5.10. The molecule has 4 rings (SSSR count). The molecular formula is C17H26ClN3O4. The lowest BCUT2D eigenvalue weighted by Crippen LogP contribution is -2.52. The molecule has 3 aliphatic heterocycles. The fourth-order valence-corrected chi connectivity index (χ4v) is 5.00. The van der Waals surface area contributed by atoms with Crippen molar-refractivity contribution in [2.24, 2.45) is 17.6 Å². The summed E-state index contributed by atoms with van der Waals surface area (Å²) < 4.78 is 5.71. The number of hydrogen-bond acceptors (Lipinski definition) is 5. The van der Waals surface area contributed by atoms with E-state index >= 15 is 0 Å². The quantitative estimate of drug-likeness (QED) is 0.679.